The van der Waals surface area contributed by atoms with E-state index in [0.29, 0.717) is 12.1 Å². The van der Waals surface area contributed by atoms with Gasteiger partial charge in [-0.2, -0.15) is 26.3 Å². The molecule has 2 fully saturated rings. The Bertz CT molecular complexity index is 1760. The SMILES string of the molecule is CS(=O)(=O)N1CCC(CO)(C(=O)N2CC[C@]3(S(=O)(=O)c4ccc(F)cc4)c4ccc(C(F)(C(F)(F)F)C(F)(F)F)cc4CC[C@H]23)CC1. The molecule has 2 heterocycles. The number of fused-ring (bicyclic) bond motifs is 3. The van der Waals surface area contributed by atoms with Gasteiger partial charge in [0.05, 0.1) is 29.2 Å². The Hall–Kier alpha value is -2.83. The maximum absolute atomic E-state index is 15.0. The number of halogens is 8. The smallest absolute Gasteiger partial charge is 0.395 e. The zero-order chi connectivity index (χ0) is 35.0. The molecule has 2 aromatic rings. The molecule has 2 saturated heterocycles. The second kappa shape index (κ2) is 11.4. The fraction of sp³-hybridized carbons (Fsp3) is 0.552. The third-order valence-corrected chi connectivity index (χ3v) is 13.7. The zero-order valence-electron chi connectivity index (χ0n) is 24.7. The third kappa shape index (κ3) is 5.33. The van der Waals surface area contributed by atoms with Crippen molar-refractivity contribution in [2.45, 2.75) is 65.8 Å². The monoisotopic (exact) mass is 718 g/mol. The minimum Gasteiger partial charge on any atom is -0.395 e. The Balaban J connectivity index is 1.65. The second-order valence-electron chi connectivity index (χ2n) is 12.3. The van der Waals surface area contributed by atoms with Crippen LogP contribution in [0.4, 0.5) is 35.1 Å². The predicted molar refractivity (Wildman–Crippen MR) is 150 cm³/mol. The van der Waals surface area contributed by atoms with E-state index < -0.39 is 82.9 Å². The molecule has 1 amide bonds. The van der Waals surface area contributed by atoms with E-state index in [2.05, 4.69) is 0 Å². The number of carbonyl (C=O) groups excluding carboxylic acids is 1. The van der Waals surface area contributed by atoms with Crippen molar-refractivity contribution >= 4 is 25.8 Å². The van der Waals surface area contributed by atoms with Gasteiger partial charge in [-0.15, -0.1) is 0 Å². The minimum atomic E-state index is -6.41. The molecule has 0 spiro atoms. The maximum Gasteiger partial charge on any atom is 0.435 e. The van der Waals surface area contributed by atoms with E-state index in [9.17, 15) is 57.5 Å². The van der Waals surface area contributed by atoms with Gasteiger partial charge in [0.15, 0.2) is 9.84 Å². The van der Waals surface area contributed by atoms with Crippen molar-refractivity contribution in [3.05, 3.63) is 65.0 Å². The minimum absolute atomic E-state index is 0.107. The number of nitrogens with zero attached hydrogens (tertiary/aromatic N) is 2. The van der Waals surface area contributed by atoms with Crippen LogP contribution in [0.15, 0.2) is 47.4 Å². The molecular weight excluding hydrogens is 688 g/mol. The second-order valence-corrected chi connectivity index (χ2v) is 16.5. The summed E-state index contributed by atoms with van der Waals surface area (Å²) in [6.07, 6.45) is -13.0. The number of likely N-dealkylation sites (tertiary alicyclic amines) is 1. The van der Waals surface area contributed by atoms with Crippen molar-refractivity contribution in [2.24, 2.45) is 5.41 Å². The van der Waals surface area contributed by atoms with Crippen LogP contribution in [-0.4, -0.2) is 87.9 Å². The fourth-order valence-electron chi connectivity index (χ4n) is 7.29. The Labute approximate surface area is 265 Å². The molecule has 18 heteroatoms. The number of piperidine rings is 1. The normalized spacial score (nSPS) is 24.1. The molecule has 0 saturated carbocycles. The first-order valence-corrected chi connectivity index (χ1v) is 17.7. The molecule has 2 aliphatic heterocycles. The van der Waals surface area contributed by atoms with E-state index >= 15 is 4.39 Å². The first-order chi connectivity index (χ1) is 21.6. The highest BCUT2D eigenvalue weighted by Gasteiger charge is 2.74. The summed E-state index contributed by atoms with van der Waals surface area (Å²) >= 11 is 0. The number of carbonyl (C=O) groups is 1. The summed E-state index contributed by atoms with van der Waals surface area (Å²) in [6, 6.07) is 3.65. The van der Waals surface area contributed by atoms with E-state index in [1.165, 1.54) is 4.90 Å². The molecule has 0 aromatic heterocycles. The molecule has 2 aromatic carbocycles. The van der Waals surface area contributed by atoms with Crippen LogP contribution in [0, 0.1) is 11.2 Å². The van der Waals surface area contributed by atoms with Crippen molar-refractivity contribution < 1.29 is 61.9 Å². The lowest BCUT2D eigenvalue weighted by Gasteiger charge is -2.46. The van der Waals surface area contributed by atoms with Crippen molar-refractivity contribution in [1.29, 1.82) is 0 Å². The number of benzene rings is 2. The molecule has 1 aliphatic carbocycles. The topological polar surface area (TPSA) is 112 Å². The number of alkyl halides is 7. The number of amides is 1. The molecule has 3 aliphatic rings. The molecule has 260 valence electrons. The van der Waals surface area contributed by atoms with Gasteiger partial charge in [0.1, 0.15) is 10.6 Å². The lowest BCUT2D eigenvalue weighted by Crippen LogP contribution is -2.57. The van der Waals surface area contributed by atoms with Gasteiger partial charge in [-0.25, -0.2) is 29.9 Å². The highest BCUT2D eigenvalue weighted by Crippen LogP contribution is 2.57. The van der Waals surface area contributed by atoms with Gasteiger partial charge in [0.25, 0.3) is 0 Å². The van der Waals surface area contributed by atoms with Crippen molar-refractivity contribution in [3.8, 4) is 0 Å². The van der Waals surface area contributed by atoms with Crippen molar-refractivity contribution in [1.82, 2.24) is 9.21 Å². The standard InChI is InChI=1S/C29H30F8N2O6S2/c1-46(42,43)38-13-10-25(17-40,11-14-38)24(41)39-15-12-26(47(44,45)21-6-4-20(30)5-7-21)22-8-3-19(16-18(22)2-9-23(26)39)27(31,28(32,33)34)29(35,36)37/h3-8,16,23,40H,2,9-15,17H2,1H3/t23-,26-/m0/s1. The summed E-state index contributed by atoms with van der Waals surface area (Å²) in [4.78, 5) is 15.0. The highest BCUT2D eigenvalue weighted by atomic mass is 32.2. The quantitative estimate of drug-likeness (QED) is 0.351. The van der Waals surface area contributed by atoms with Crippen LogP contribution in [0.5, 0.6) is 0 Å². The summed E-state index contributed by atoms with van der Waals surface area (Å²) in [7, 11) is -8.32. The van der Waals surface area contributed by atoms with E-state index in [4.69, 9.17) is 0 Å². The summed E-state index contributed by atoms with van der Waals surface area (Å²) in [6.45, 7) is -1.20. The largest absolute Gasteiger partial charge is 0.435 e. The molecule has 0 radical (unpaired) electrons. The Morgan fingerprint density at radius 3 is 1.98 bits per heavy atom. The molecule has 5 rings (SSSR count). The van der Waals surface area contributed by atoms with E-state index in [0.717, 1.165) is 34.8 Å². The summed E-state index contributed by atoms with van der Waals surface area (Å²) in [5, 5.41) is 10.4. The molecule has 0 unspecified atom stereocenters. The van der Waals surface area contributed by atoms with Crippen molar-refractivity contribution in [3.63, 3.8) is 0 Å². The van der Waals surface area contributed by atoms with Crippen LogP contribution in [0.3, 0.4) is 0 Å². The zero-order valence-corrected chi connectivity index (χ0v) is 26.3. The molecule has 0 bridgehead atoms. The number of hydrogen-bond acceptors (Lipinski definition) is 6. The Kier molecular flexibility index (Phi) is 8.58. The van der Waals surface area contributed by atoms with Gasteiger partial charge < -0.3 is 10.0 Å². The van der Waals surface area contributed by atoms with Crippen LogP contribution >= 0.6 is 0 Å². The van der Waals surface area contributed by atoms with Crippen LogP contribution in [0.25, 0.3) is 0 Å². The van der Waals surface area contributed by atoms with Gasteiger partial charge in [-0.05, 0) is 67.5 Å². The van der Waals surface area contributed by atoms with Gasteiger partial charge in [0.2, 0.25) is 15.9 Å². The van der Waals surface area contributed by atoms with Crippen LogP contribution < -0.4 is 0 Å². The van der Waals surface area contributed by atoms with Gasteiger partial charge >= 0.3 is 18.0 Å². The van der Waals surface area contributed by atoms with E-state index in [1.54, 1.807) is 0 Å². The Morgan fingerprint density at radius 1 is 0.894 bits per heavy atom. The van der Waals surface area contributed by atoms with Crippen LogP contribution in [0.1, 0.15) is 42.4 Å². The fourth-order valence-corrected chi connectivity index (χ4v) is 10.5. The lowest BCUT2D eigenvalue weighted by molar-refractivity contribution is -0.348. The Morgan fingerprint density at radius 2 is 1.47 bits per heavy atom. The average molecular weight is 719 g/mol. The number of sulfone groups is 1. The number of rotatable bonds is 6. The number of aryl methyl sites for hydroxylation is 1. The van der Waals surface area contributed by atoms with E-state index in [-0.39, 0.29) is 68.9 Å². The molecule has 2 atom stereocenters. The van der Waals surface area contributed by atoms with Gasteiger partial charge in [0, 0.05) is 25.2 Å². The highest BCUT2D eigenvalue weighted by molar-refractivity contribution is 7.92. The summed E-state index contributed by atoms with van der Waals surface area (Å²) in [5.74, 6) is -1.48. The number of aliphatic hydroxyl groups is 1. The predicted octanol–water partition coefficient (Wildman–Crippen LogP) is 4.37. The van der Waals surface area contributed by atoms with Gasteiger partial charge in [-0.1, -0.05) is 18.2 Å². The average Bonchev–Trinajstić information content (AvgIpc) is 3.40. The molecular formula is C29H30F8N2O6S2. The molecule has 47 heavy (non-hydrogen) atoms. The lowest BCUT2D eigenvalue weighted by atomic mass is 9.75. The first-order valence-electron chi connectivity index (χ1n) is 14.4. The maximum atomic E-state index is 15.0. The third-order valence-electron chi connectivity index (χ3n) is 9.84. The summed E-state index contributed by atoms with van der Waals surface area (Å²) < 4.78 is 163. The van der Waals surface area contributed by atoms with Crippen LogP contribution in [-0.2, 0) is 41.5 Å². The van der Waals surface area contributed by atoms with Crippen LogP contribution in [0.2, 0.25) is 0 Å². The van der Waals surface area contributed by atoms with Gasteiger partial charge in [-0.3, -0.25) is 4.79 Å². The first kappa shape index (κ1) is 35.5. The molecule has 8 nitrogen and oxygen atoms in total. The van der Waals surface area contributed by atoms with E-state index in [1.807, 2.05) is 0 Å². The number of sulfonamides is 1. The molecule has 1 N–H and O–H groups in total. The van der Waals surface area contributed by atoms with Crippen molar-refractivity contribution in [2.75, 3.05) is 32.5 Å². The number of hydrogen-bond donors (Lipinski definition) is 1. The number of aliphatic hydroxyl groups excluding tert-OH is 1. The summed E-state index contributed by atoms with van der Waals surface area (Å²) in [5.41, 5.74) is -9.58.